The molecule has 1 saturated heterocycles. The van der Waals surface area contributed by atoms with E-state index < -0.39 is 0 Å². The van der Waals surface area contributed by atoms with Crippen molar-refractivity contribution in [2.75, 3.05) is 33.4 Å². The number of hydrogen-bond donors (Lipinski definition) is 1. The zero-order valence-electron chi connectivity index (χ0n) is 10.0. The first-order valence-electron chi connectivity index (χ1n) is 6.28. The van der Waals surface area contributed by atoms with Gasteiger partial charge in [0.2, 0.25) is 0 Å². The summed E-state index contributed by atoms with van der Waals surface area (Å²) in [6, 6.07) is 1.50. The maximum Gasteiger partial charge on any atom is 0.0509 e. The van der Waals surface area contributed by atoms with E-state index in [1.54, 1.807) is 0 Å². The molecule has 0 aromatic carbocycles. The zero-order valence-corrected chi connectivity index (χ0v) is 10.0. The van der Waals surface area contributed by atoms with E-state index in [2.05, 4.69) is 24.2 Å². The van der Waals surface area contributed by atoms with Crippen LogP contribution in [0.4, 0.5) is 0 Å². The van der Waals surface area contributed by atoms with Crippen LogP contribution in [0.3, 0.4) is 0 Å². The van der Waals surface area contributed by atoms with Crippen molar-refractivity contribution in [2.24, 2.45) is 5.92 Å². The lowest BCUT2D eigenvalue weighted by Crippen LogP contribution is -2.39. The Bertz CT molecular complexity index is 188. The second-order valence-electron chi connectivity index (χ2n) is 5.08. The van der Waals surface area contributed by atoms with Crippen molar-refractivity contribution >= 4 is 0 Å². The van der Waals surface area contributed by atoms with Gasteiger partial charge in [-0.2, -0.15) is 0 Å². The lowest BCUT2D eigenvalue weighted by atomic mass is 10.0. The molecule has 0 radical (unpaired) electrons. The van der Waals surface area contributed by atoms with E-state index in [1.807, 2.05) is 0 Å². The summed E-state index contributed by atoms with van der Waals surface area (Å²) < 4.78 is 5.40. The Balaban J connectivity index is 1.55. The van der Waals surface area contributed by atoms with E-state index in [1.165, 1.54) is 25.8 Å². The molecule has 0 aromatic heterocycles. The second-order valence-corrected chi connectivity index (χ2v) is 5.08. The van der Waals surface area contributed by atoms with Gasteiger partial charge in [-0.3, -0.25) is 0 Å². The summed E-state index contributed by atoms with van der Waals surface area (Å²) in [5.41, 5.74) is 0. The van der Waals surface area contributed by atoms with E-state index in [0.29, 0.717) is 6.04 Å². The molecule has 3 nitrogen and oxygen atoms in total. The van der Waals surface area contributed by atoms with Crippen molar-refractivity contribution in [3.8, 4) is 0 Å². The highest BCUT2D eigenvalue weighted by Gasteiger charge is 2.26. The van der Waals surface area contributed by atoms with E-state index in [4.69, 9.17) is 4.74 Å². The van der Waals surface area contributed by atoms with Crippen LogP contribution in [0, 0.1) is 5.92 Å². The van der Waals surface area contributed by atoms with Crippen molar-refractivity contribution in [3.63, 3.8) is 0 Å². The minimum atomic E-state index is 0.611. The molecule has 15 heavy (non-hydrogen) atoms. The smallest absolute Gasteiger partial charge is 0.0509 e. The third-order valence-corrected chi connectivity index (χ3v) is 3.77. The number of likely N-dealkylation sites (N-methyl/N-ethyl adjacent to an activating group) is 1. The van der Waals surface area contributed by atoms with Gasteiger partial charge in [0.25, 0.3) is 0 Å². The minimum Gasteiger partial charge on any atom is -0.381 e. The van der Waals surface area contributed by atoms with E-state index in [9.17, 15) is 0 Å². The summed E-state index contributed by atoms with van der Waals surface area (Å²) in [5, 5.41) is 3.62. The Morgan fingerprint density at radius 3 is 2.80 bits per heavy atom. The SMILES string of the molecule is CC(NCCN(C)C1CC1)C1CCOC1. The molecule has 2 rings (SSSR count). The first kappa shape index (κ1) is 11.4. The summed E-state index contributed by atoms with van der Waals surface area (Å²) in [7, 11) is 2.24. The molecule has 1 aliphatic carbocycles. The molecule has 3 heteroatoms. The third-order valence-electron chi connectivity index (χ3n) is 3.77. The lowest BCUT2D eigenvalue weighted by Gasteiger charge is -2.22. The molecule has 0 amide bonds. The molecule has 88 valence electrons. The Labute approximate surface area is 93.2 Å². The number of hydrogen-bond acceptors (Lipinski definition) is 3. The van der Waals surface area contributed by atoms with E-state index >= 15 is 0 Å². The molecule has 0 bridgehead atoms. The maximum absolute atomic E-state index is 5.40. The van der Waals surface area contributed by atoms with Gasteiger partial charge < -0.3 is 15.0 Å². The standard InChI is InChI=1S/C12H24N2O/c1-10(11-5-8-15-9-11)13-6-7-14(2)12-3-4-12/h10-13H,3-9H2,1-2H3. The summed E-state index contributed by atoms with van der Waals surface area (Å²) in [5.74, 6) is 0.733. The Morgan fingerprint density at radius 1 is 1.40 bits per heavy atom. The van der Waals surface area contributed by atoms with Crippen LogP contribution in [0.15, 0.2) is 0 Å². The van der Waals surface area contributed by atoms with E-state index in [0.717, 1.165) is 31.7 Å². The molecule has 2 atom stereocenters. The fourth-order valence-corrected chi connectivity index (χ4v) is 2.28. The molecule has 0 aromatic rings. The zero-order chi connectivity index (χ0) is 10.7. The van der Waals surface area contributed by atoms with Crippen LogP contribution in [0.25, 0.3) is 0 Å². The number of rotatable bonds is 6. The van der Waals surface area contributed by atoms with Crippen LogP contribution in [0.2, 0.25) is 0 Å². The summed E-state index contributed by atoms with van der Waals surface area (Å²) in [6.07, 6.45) is 4.04. The fraction of sp³-hybridized carbons (Fsp3) is 1.00. The predicted octanol–water partition coefficient (Wildman–Crippen LogP) is 1.10. The van der Waals surface area contributed by atoms with Gasteiger partial charge in [0.05, 0.1) is 6.61 Å². The average molecular weight is 212 g/mol. The lowest BCUT2D eigenvalue weighted by molar-refractivity contribution is 0.177. The third kappa shape index (κ3) is 3.44. The van der Waals surface area contributed by atoms with Gasteiger partial charge in [0.1, 0.15) is 0 Å². The molecular weight excluding hydrogens is 188 g/mol. The molecular formula is C12H24N2O. The fourth-order valence-electron chi connectivity index (χ4n) is 2.28. The summed E-state index contributed by atoms with van der Waals surface area (Å²) >= 11 is 0. The monoisotopic (exact) mass is 212 g/mol. The molecule has 1 aliphatic heterocycles. The Kier molecular flexibility index (Phi) is 4.00. The van der Waals surface area contributed by atoms with Crippen LogP contribution in [0.1, 0.15) is 26.2 Å². The highest BCUT2D eigenvalue weighted by Crippen LogP contribution is 2.24. The van der Waals surface area contributed by atoms with Crippen LogP contribution in [0.5, 0.6) is 0 Å². The van der Waals surface area contributed by atoms with Crippen LogP contribution in [-0.4, -0.2) is 50.3 Å². The summed E-state index contributed by atoms with van der Waals surface area (Å²) in [4.78, 5) is 2.48. The first-order chi connectivity index (χ1) is 7.27. The van der Waals surface area contributed by atoms with Gasteiger partial charge >= 0.3 is 0 Å². The average Bonchev–Trinajstić information content (AvgIpc) is 2.93. The van der Waals surface area contributed by atoms with Gasteiger partial charge in [0.15, 0.2) is 0 Å². The highest BCUT2D eigenvalue weighted by molar-refractivity contribution is 4.83. The first-order valence-corrected chi connectivity index (χ1v) is 6.28. The highest BCUT2D eigenvalue weighted by atomic mass is 16.5. The molecule has 1 N–H and O–H groups in total. The van der Waals surface area contributed by atoms with Gasteiger partial charge in [0, 0.05) is 31.8 Å². The predicted molar refractivity (Wildman–Crippen MR) is 62.0 cm³/mol. The Hall–Kier alpha value is -0.120. The van der Waals surface area contributed by atoms with Gasteiger partial charge in [-0.15, -0.1) is 0 Å². The van der Waals surface area contributed by atoms with Crippen molar-refractivity contribution in [1.82, 2.24) is 10.2 Å². The molecule has 0 spiro atoms. The van der Waals surface area contributed by atoms with Crippen molar-refractivity contribution < 1.29 is 4.74 Å². The van der Waals surface area contributed by atoms with Crippen LogP contribution >= 0.6 is 0 Å². The summed E-state index contributed by atoms with van der Waals surface area (Å²) in [6.45, 7) is 6.50. The van der Waals surface area contributed by atoms with Crippen molar-refractivity contribution in [2.45, 2.75) is 38.3 Å². The Morgan fingerprint density at radius 2 is 2.20 bits per heavy atom. The normalized spacial score (nSPS) is 28.6. The number of nitrogens with zero attached hydrogens (tertiary/aromatic N) is 1. The van der Waals surface area contributed by atoms with Gasteiger partial charge in [-0.1, -0.05) is 0 Å². The molecule has 2 fully saturated rings. The molecule has 2 unspecified atom stereocenters. The van der Waals surface area contributed by atoms with Gasteiger partial charge in [-0.25, -0.2) is 0 Å². The second kappa shape index (κ2) is 5.28. The van der Waals surface area contributed by atoms with Crippen molar-refractivity contribution in [1.29, 1.82) is 0 Å². The van der Waals surface area contributed by atoms with Crippen LogP contribution < -0.4 is 5.32 Å². The topological polar surface area (TPSA) is 24.5 Å². The molecule has 1 saturated carbocycles. The largest absolute Gasteiger partial charge is 0.381 e. The number of nitrogens with one attached hydrogen (secondary N) is 1. The van der Waals surface area contributed by atoms with Crippen molar-refractivity contribution in [3.05, 3.63) is 0 Å². The molecule has 1 heterocycles. The quantitative estimate of drug-likeness (QED) is 0.713. The molecule has 2 aliphatic rings. The maximum atomic E-state index is 5.40. The van der Waals surface area contributed by atoms with Gasteiger partial charge in [-0.05, 0) is 39.2 Å². The van der Waals surface area contributed by atoms with Crippen LogP contribution in [-0.2, 0) is 4.74 Å². The minimum absolute atomic E-state index is 0.611. The van der Waals surface area contributed by atoms with E-state index in [-0.39, 0.29) is 0 Å². The number of ether oxygens (including phenoxy) is 1.